The van der Waals surface area contributed by atoms with E-state index in [9.17, 15) is 0 Å². The molecule has 2 aromatic rings. The quantitative estimate of drug-likeness (QED) is 0.874. The van der Waals surface area contributed by atoms with Gasteiger partial charge in [-0.1, -0.05) is 13.8 Å². The number of nitrogens with two attached hydrogens (primary N) is 1. The van der Waals surface area contributed by atoms with Crippen molar-refractivity contribution in [2.45, 2.75) is 76.3 Å². The first-order chi connectivity index (χ1) is 11.0. The molecule has 2 aliphatic carbocycles. The van der Waals surface area contributed by atoms with Crippen LogP contribution in [0.5, 0.6) is 0 Å². The molecule has 1 fully saturated rings. The maximum absolute atomic E-state index is 6.04. The Morgan fingerprint density at radius 2 is 2.00 bits per heavy atom. The van der Waals surface area contributed by atoms with Crippen molar-refractivity contribution in [3.05, 3.63) is 16.8 Å². The van der Waals surface area contributed by atoms with E-state index in [1.54, 1.807) is 6.33 Å². The lowest BCUT2D eigenvalue weighted by Crippen LogP contribution is -2.33. The van der Waals surface area contributed by atoms with E-state index in [1.165, 1.54) is 35.1 Å². The molecule has 0 saturated heterocycles. The summed E-state index contributed by atoms with van der Waals surface area (Å²) in [7, 11) is 0. The van der Waals surface area contributed by atoms with E-state index in [0.717, 1.165) is 36.3 Å². The van der Waals surface area contributed by atoms with Crippen LogP contribution in [0.4, 0.5) is 5.82 Å². The smallest absolute Gasteiger partial charge is 0.138 e. The molecule has 2 aromatic heterocycles. The highest BCUT2D eigenvalue weighted by Gasteiger charge is 2.33. The average molecular weight is 331 g/mol. The molecule has 4 rings (SSSR count). The minimum absolute atomic E-state index is 0.224. The monoisotopic (exact) mass is 330 g/mol. The van der Waals surface area contributed by atoms with Crippen molar-refractivity contribution in [1.29, 1.82) is 0 Å². The van der Waals surface area contributed by atoms with E-state index in [2.05, 4.69) is 29.1 Å². The second-order valence-electron chi connectivity index (χ2n) is 7.80. The van der Waals surface area contributed by atoms with Crippen molar-refractivity contribution < 1.29 is 0 Å². The third-order valence-corrected chi connectivity index (χ3v) is 6.71. The first-order valence-corrected chi connectivity index (χ1v) is 9.65. The molecule has 1 saturated carbocycles. The van der Waals surface area contributed by atoms with Crippen LogP contribution in [0.15, 0.2) is 6.33 Å². The topological polar surface area (TPSA) is 63.8 Å². The number of fused-ring (bicyclic) bond motifs is 3. The van der Waals surface area contributed by atoms with Gasteiger partial charge in [0.05, 0.1) is 5.39 Å². The van der Waals surface area contributed by atoms with Gasteiger partial charge in [0.2, 0.25) is 0 Å². The summed E-state index contributed by atoms with van der Waals surface area (Å²) in [6.45, 7) is 4.74. The van der Waals surface area contributed by atoms with Gasteiger partial charge in [-0.05, 0) is 55.9 Å². The average Bonchev–Trinajstić information content (AvgIpc) is 2.90. The minimum Gasteiger partial charge on any atom is -0.367 e. The van der Waals surface area contributed by atoms with Gasteiger partial charge in [-0.3, -0.25) is 0 Å². The van der Waals surface area contributed by atoms with Crippen molar-refractivity contribution in [1.82, 2.24) is 9.97 Å². The fourth-order valence-corrected chi connectivity index (χ4v) is 5.61. The molecule has 0 aromatic carbocycles. The van der Waals surface area contributed by atoms with Gasteiger partial charge < -0.3 is 11.1 Å². The molecule has 4 nitrogen and oxygen atoms in total. The number of hydrogen-bond donors (Lipinski definition) is 2. The molecule has 0 radical (unpaired) electrons. The summed E-state index contributed by atoms with van der Waals surface area (Å²) in [5, 5.41) is 5.00. The zero-order valence-electron chi connectivity index (χ0n) is 14.1. The van der Waals surface area contributed by atoms with Gasteiger partial charge in [0.15, 0.2) is 0 Å². The molecule has 5 heteroatoms. The number of aromatic nitrogens is 2. The Hall–Kier alpha value is -1.20. The summed E-state index contributed by atoms with van der Waals surface area (Å²) in [5.41, 5.74) is 7.76. The largest absolute Gasteiger partial charge is 0.367 e. The van der Waals surface area contributed by atoms with E-state index in [4.69, 9.17) is 5.73 Å². The van der Waals surface area contributed by atoms with E-state index in [1.807, 2.05) is 11.3 Å². The number of hydrogen-bond acceptors (Lipinski definition) is 5. The van der Waals surface area contributed by atoms with Crippen molar-refractivity contribution >= 4 is 27.4 Å². The summed E-state index contributed by atoms with van der Waals surface area (Å²) in [4.78, 5) is 11.9. The first kappa shape index (κ1) is 15.3. The van der Waals surface area contributed by atoms with Crippen LogP contribution in [0.1, 0.15) is 62.8 Å². The minimum atomic E-state index is 0.224. The van der Waals surface area contributed by atoms with Gasteiger partial charge in [0, 0.05) is 17.0 Å². The summed E-state index contributed by atoms with van der Waals surface area (Å²) in [6, 6.07) is 0.876. The molecule has 2 aliphatic rings. The van der Waals surface area contributed by atoms with E-state index in [-0.39, 0.29) is 5.41 Å². The zero-order valence-corrected chi connectivity index (χ0v) is 14.9. The van der Waals surface area contributed by atoms with Gasteiger partial charge in [-0.2, -0.15) is 0 Å². The highest BCUT2D eigenvalue weighted by molar-refractivity contribution is 7.19. The highest BCUT2D eigenvalue weighted by Crippen LogP contribution is 2.46. The molecular weight excluding hydrogens is 304 g/mol. The Labute approximate surface area is 141 Å². The molecule has 0 bridgehead atoms. The second kappa shape index (κ2) is 5.71. The van der Waals surface area contributed by atoms with Crippen LogP contribution in [0, 0.1) is 0 Å². The Balaban J connectivity index is 1.74. The number of nitrogens with zero attached hydrogens (tertiary/aromatic N) is 2. The van der Waals surface area contributed by atoms with Gasteiger partial charge in [-0.15, -0.1) is 11.3 Å². The molecule has 124 valence electrons. The maximum atomic E-state index is 6.04. The number of anilines is 1. The van der Waals surface area contributed by atoms with Crippen LogP contribution in [0.2, 0.25) is 0 Å². The number of thiophene rings is 1. The Kier molecular flexibility index (Phi) is 3.81. The molecule has 0 amide bonds. The van der Waals surface area contributed by atoms with Gasteiger partial charge in [0.25, 0.3) is 0 Å². The van der Waals surface area contributed by atoms with Crippen LogP contribution in [-0.2, 0) is 11.8 Å². The number of rotatable bonds is 2. The molecule has 23 heavy (non-hydrogen) atoms. The fourth-order valence-electron chi connectivity index (χ4n) is 4.25. The predicted octanol–water partition coefficient (Wildman–Crippen LogP) is 3.99. The maximum Gasteiger partial charge on any atom is 0.138 e. The first-order valence-electron chi connectivity index (χ1n) is 8.83. The van der Waals surface area contributed by atoms with E-state index in [0.29, 0.717) is 12.1 Å². The standard InChI is InChI=1S/C18H26N4S/c1-18(2)9-3-4-13-15(18)14-16(20-10-21-17(14)23-13)22-12-7-5-11(19)6-8-12/h10-12H,3-9,19H2,1-2H3,(H,20,21,22). The van der Waals surface area contributed by atoms with Gasteiger partial charge >= 0.3 is 0 Å². The molecule has 2 heterocycles. The van der Waals surface area contributed by atoms with Crippen LogP contribution < -0.4 is 11.1 Å². The highest BCUT2D eigenvalue weighted by atomic mass is 32.1. The second-order valence-corrected chi connectivity index (χ2v) is 8.88. The van der Waals surface area contributed by atoms with E-state index >= 15 is 0 Å². The van der Waals surface area contributed by atoms with Gasteiger partial charge in [0.1, 0.15) is 17.0 Å². The van der Waals surface area contributed by atoms with Crippen molar-refractivity contribution in [2.75, 3.05) is 5.32 Å². The molecule has 0 spiro atoms. The van der Waals surface area contributed by atoms with Crippen LogP contribution in [-0.4, -0.2) is 22.1 Å². The lowest BCUT2D eigenvalue weighted by molar-refractivity contribution is 0.410. The van der Waals surface area contributed by atoms with Crippen LogP contribution >= 0.6 is 11.3 Å². The summed E-state index contributed by atoms with van der Waals surface area (Å²) < 4.78 is 0. The molecule has 3 N–H and O–H groups in total. The summed E-state index contributed by atoms with van der Waals surface area (Å²) in [5.74, 6) is 1.04. The molecule has 0 atom stereocenters. The van der Waals surface area contributed by atoms with Crippen molar-refractivity contribution in [2.24, 2.45) is 5.73 Å². The van der Waals surface area contributed by atoms with E-state index < -0.39 is 0 Å². The lowest BCUT2D eigenvalue weighted by Gasteiger charge is -2.31. The normalized spacial score (nSPS) is 26.9. The van der Waals surface area contributed by atoms with Crippen LogP contribution in [0.25, 0.3) is 10.2 Å². The lowest BCUT2D eigenvalue weighted by atomic mass is 9.75. The summed E-state index contributed by atoms with van der Waals surface area (Å²) in [6.07, 6.45) is 9.94. The third-order valence-electron chi connectivity index (χ3n) is 5.56. The molecule has 0 aliphatic heterocycles. The molecular formula is C18H26N4S. The SMILES string of the molecule is CC1(C)CCCc2sc3ncnc(NC4CCC(N)CC4)c3c21. The van der Waals surface area contributed by atoms with Crippen molar-refractivity contribution in [3.63, 3.8) is 0 Å². The Bertz CT molecular complexity index is 713. The number of nitrogens with one attached hydrogen (secondary N) is 1. The molecule has 0 unspecified atom stereocenters. The predicted molar refractivity (Wildman–Crippen MR) is 97.2 cm³/mol. The van der Waals surface area contributed by atoms with Gasteiger partial charge in [-0.25, -0.2) is 9.97 Å². The Morgan fingerprint density at radius 3 is 2.78 bits per heavy atom. The summed E-state index contributed by atoms with van der Waals surface area (Å²) >= 11 is 1.87. The van der Waals surface area contributed by atoms with Crippen molar-refractivity contribution in [3.8, 4) is 0 Å². The fraction of sp³-hybridized carbons (Fsp3) is 0.667. The third kappa shape index (κ3) is 2.74. The zero-order chi connectivity index (χ0) is 16.0. The number of aryl methyl sites for hydroxylation is 1. The van der Waals surface area contributed by atoms with Crippen LogP contribution in [0.3, 0.4) is 0 Å². The Morgan fingerprint density at radius 1 is 1.22 bits per heavy atom.